The first-order chi connectivity index (χ1) is 12.2. The van der Waals surface area contributed by atoms with E-state index in [9.17, 15) is 4.79 Å². The number of anilines is 2. The zero-order valence-electron chi connectivity index (χ0n) is 14.7. The van der Waals surface area contributed by atoms with Crippen LogP contribution in [0.2, 0.25) is 0 Å². The van der Waals surface area contributed by atoms with Crippen molar-refractivity contribution in [2.45, 2.75) is 26.3 Å². The lowest BCUT2D eigenvalue weighted by Gasteiger charge is -2.34. The summed E-state index contributed by atoms with van der Waals surface area (Å²) in [6.07, 6.45) is 6.18. The molecule has 3 heterocycles. The number of carbonyl (C=O) groups excluding carboxylic acids is 1. The Morgan fingerprint density at radius 2 is 1.88 bits per heavy atom. The number of hydrogen-bond donors (Lipinski definition) is 1. The van der Waals surface area contributed by atoms with Gasteiger partial charge in [-0.3, -0.25) is 9.78 Å². The van der Waals surface area contributed by atoms with E-state index < -0.39 is 0 Å². The SMILES string of the molecule is CCC(C)Nc1ccnc(C(=O)N2CCN(c3ncccn3)CC2)c1. The molecule has 1 N–H and O–H groups in total. The van der Waals surface area contributed by atoms with E-state index in [4.69, 9.17) is 0 Å². The fraction of sp³-hybridized carbons (Fsp3) is 0.444. The van der Waals surface area contributed by atoms with Gasteiger partial charge in [-0.05, 0) is 31.5 Å². The molecule has 7 nitrogen and oxygen atoms in total. The van der Waals surface area contributed by atoms with Crippen LogP contribution in [0.1, 0.15) is 30.8 Å². The quantitative estimate of drug-likeness (QED) is 0.898. The van der Waals surface area contributed by atoms with Crippen molar-refractivity contribution < 1.29 is 4.79 Å². The van der Waals surface area contributed by atoms with Crippen LogP contribution in [-0.4, -0.2) is 58.0 Å². The Labute approximate surface area is 148 Å². The van der Waals surface area contributed by atoms with Gasteiger partial charge in [-0.2, -0.15) is 0 Å². The van der Waals surface area contributed by atoms with E-state index in [-0.39, 0.29) is 5.91 Å². The molecule has 1 atom stereocenters. The van der Waals surface area contributed by atoms with Crippen molar-refractivity contribution in [1.82, 2.24) is 19.9 Å². The summed E-state index contributed by atoms with van der Waals surface area (Å²) in [6, 6.07) is 5.89. The molecule has 1 saturated heterocycles. The molecule has 25 heavy (non-hydrogen) atoms. The van der Waals surface area contributed by atoms with Crippen LogP contribution in [0.25, 0.3) is 0 Å². The highest BCUT2D eigenvalue weighted by molar-refractivity contribution is 5.93. The van der Waals surface area contributed by atoms with Gasteiger partial charge in [0.25, 0.3) is 5.91 Å². The van der Waals surface area contributed by atoms with Crippen molar-refractivity contribution in [3.8, 4) is 0 Å². The Balaban J connectivity index is 1.62. The van der Waals surface area contributed by atoms with Crippen LogP contribution >= 0.6 is 0 Å². The molecule has 0 aromatic carbocycles. The van der Waals surface area contributed by atoms with Gasteiger partial charge < -0.3 is 15.1 Å². The molecule has 0 radical (unpaired) electrons. The minimum absolute atomic E-state index is 0.0265. The molecule has 1 amide bonds. The van der Waals surface area contributed by atoms with Gasteiger partial charge in [0, 0.05) is 56.5 Å². The molecule has 0 saturated carbocycles. The van der Waals surface area contributed by atoms with Crippen molar-refractivity contribution in [3.63, 3.8) is 0 Å². The first-order valence-corrected chi connectivity index (χ1v) is 8.71. The highest BCUT2D eigenvalue weighted by atomic mass is 16.2. The summed E-state index contributed by atoms with van der Waals surface area (Å²) in [5.74, 6) is 0.689. The second-order valence-electron chi connectivity index (χ2n) is 6.21. The van der Waals surface area contributed by atoms with E-state index in [1.165, 1.54) is 0 Å². The zero-order valence-corrected chi connectivity index (χ0v) is 14.7. The summed E-state index contributed by atoms with van der Waals surface area (Å²) < 4.78 is 0. The summed E-state index contributed by atoms with van der Waals surface area (Å²) >= 11 is 0. The van der Waals surface area contributed by atoms with Crippen LogP contribution < -0.4 is 10.2 Å². The van der Waals surface area contributed by atoms with Gasteiger partial charge in [0.05, 0.1) is 0 Å². The van der Waals surface area contributed by atoms with Gasteiger partial charge in [0.2, 0.25) is 5.95 Å². The molecule has 132 valence electrons. The standard InChI is InChI=1S/C18H24N6O/c1-3-14(2)22-15-5-8-19-16(13-15)17(25)23-9-11-24(12-10-23)18-20-6-4-7-21-18/h4-8,13-14H,3,9-12H2,1-2H3,(H,19,22). The highest BCUT2D eigenvalue weighted by Crippen LogP contribution is 2.15. The van der Waals surface area contributed by atoms with Crippen LogP contribution in [0, 0.1) is 0 Å². The lowest BCUT2D eigenvalue weighted by molar-refractivity contribution is 0.0740. The van der Waals surface area contributed by atoms with Crippen LogP contribution in [0.5, 0.6) is 0 Å². The molecule has 1 fully saturated rings. The minimum atomic E-state index is -0.0265. The predicted octanol–water partition coefficient (Wildman–Crippen LogP) is 2.04. The monoisotopic (exact) mass is 340 g/mol. The van der Waals surface area contributed by atoms with Crippen LogP contribution in [0.4, 0.5) is 11.6 Å². The highest BCUT2D eigenvalue weighted by Gasteiger charge is 2.24. The third kappa shape index (κ3) is 4.23. The Kier molecular flexibility index (Phi) is 5.42. The number of rotatable bonds is 5. The third-order valence-corrected chi connectivity index (χ3v) is 4.41. The van der Waals surface area contributed by atoms with E-state index in [1.807, 2.05) is 17.0 Å². The van der Waals surface area contributed by atoms with Crippen LogP contribution in [0.15, 0.2) is 36.8 Å². The van der Waals surface area contributed by atoms with Crippen molar-refractivity contribution in [2.24, 2.45) is 0 Å². The lowest BCUT2D eigenvalue weighted by atomic mass is 10.2. The topological polar surface area (TPSA) is 74.2 Å². The van der Waals surface area contributed by atoms with E-state index >= 15 is 0 Å². The molecule has 2 aromatic heterocycles. The zero-order chi connectivity index (χ0) is 17.6. The smallest absolute Gasteiger partial charge is 0.272 e. The number of aromatic nitrogens is 3. The van der Waals surface area contributed by atoms with E-state index in [0.29, 0.717) is 30.8 Å². The predicted molar refractivity (Wildman–Crippen MR) is 97.8 cm³/mol. The van der Waals surface area contributed by atoms with Crippen molar-refractivity contribution >= 4 is 17.5 Å². The molecule has 1 unspecified atom stereocenters. The van der Waals surface area contributed by atoms with E-state index in [0.717, 1.165) is 25.2 Å². The molecular weight excluding hydrogens is 316 g/mol. The maximum Gasteiger partial charge on any atom is 0.272 e. The van der Waals surface area contributed by atoms with Gasteiger partial charge in [-0.15, -0.1) is 0 Å². The summed E-state index contributed by atoms with van der Waals surface area (Å²) in [5.41, 5.74) is 1.42. The molecule has 0 spiro atoms. The summed E-state index contributed by atoms with van der Waals surface area (Å²) in [6.45, 7) is 6.97. The normalized spacial score (nSPS) is 15.8. The Morgan fingerprint density at radius 3 is 2.56 bits per heavy atom. The van der Waals surface area contributed by atoms with Gasteiger partial charge in [-0.25, -0.2) is 9.97 Å². The molecule has 1 aliphatic rings. The number of piperazine rings is 1. The molecule has 1 aliphatic heterocycles. The van der Waals surface area contributed by atoms with Crippen molar-refractivity contribution in [3.05, 3.63) is 42.5 Å². The van der Waals surface area contributed by atoms with Gasteiger partial charge in [0.15, 0.2) is 0 Å². The fourth-order valence-electron chi connectivity index (χ4n) is 2.75. The largest absolute Gasteiger partial charge is 0.382 e. The van der Waals surface area contributed by atoms with Crippen LogP contribution in [0.3, 0.4) is 0 Å². The number of nitrogens with one attached hydrogen (secondary N) is 1. The van der Waals surface area contributed by atoms with Gasteiger partial charge >= 0.3 is 0 Å². The van der Waals surface area contributed by atoms with Crippen molar-refractivity contribution in [1.29, 1.82) is 0 Å². The lowest BCUT2D eigenvalue weighted by Crippen LogP contribution is -2.49. The van der Waals surface area contributed by atoms with Crippen LogP contribution in [-0.2, 0) is 0 Å². The number of hydrogen-bond acceptors (Lipinski definition) is 6. The third-order valence-electron chi connectivity index (χ3n) is 4.41. The summed E-state index contributed by atoms with van der Waals surface area (Å²) in [4.78, 5) is 29.5. The van der Waals surface area contributed by atoms with Crippen molar-refractivity contribution in [2.75, 3.05) is 36.4 Å². The average Bonchev–Trinajstić information content (AvgIpc) is 2.68. The molecular formula is C18H24N6O. The summed E-state index contributed by atoms with van der Waals surface area (Å²) in [5, 5.41) is 3.38. The second kappa shape index (κ2) is 7.92. The number of carbonyl (C=O) groups is 1. The Hall–Kier alpha value is -2.70. The Bertz CT molecular complexity index is 700. The maximum atomic E-state index is 12.7. The van der Waals surface area contributed by atoms with Gasteiger partial charge in [-0.1, -0.05) is 6.92 Å². The number of pyridine rings is 1. The van der Waals surface area contributed by atoms with E-state index in [2.05, 4.69) is 39.0 Å². The number of amides is 1. The fourth-order valence-corrected chi connectivity index (χ4v) is 2.75. The van der Waals surface area contributed by atoms with Gasteiger partial charge in [0.1, 0.15) is 5.69 Å². The molecule has 0 aliphatic carbocycles. The molecule has 2 aromatic rings. The number of nitrogens with zero attached hydrogens (tertiary/aromatic N) is 5. The minimum Gasteiger partial charge on any atom is -0.382 e. The first kappa shape index (κ1) is 17.1. The second-order valence-corrected chi connectivity index (χ2v) is 6.21. The summed E-state index contributed by atoms with van der Waals surface area (Å²) in [7, 11) is 0. The average molecular weight is 340 g/mol. The first-order valence-electron chi connectivity index (χ1n) is 8.71. The Morgan fingerprint density at radius 1 is 1.16 bits per heavy atom. The van der Waals surface area contributed by atoms with E-state index in [1.54, 1.807) is 24.7 Å². The molecule has 7 heteroatoms. The molecule has 3 rings (SSSR count). The molecule has 0 bridgehead atoms. The maximum absolute atomic E-state index is 12.7.